The molecule has 0 aliphatic rings. The molecule has 4 aromatic carbocycles. The van der Waals surface area contributed by atoms with Gasteiger partial charge in [0, 0.05) is 39.4 Å². The van der Waals surface area contributed by atoms with Crippen molar-refractivity contribution in [3.63, 3.8) is 0 Å². The van der Waals surface area contributed by atoms with Crippen molar-refractivity contribution in [3.8, 4) is 33.8 Å². The zero-order chi connectivity index (χ0) is 24.4. The van der Waals surface area contributed by atoms with Crippen molar-refractivity contribution in [3.05, 3.63) is 135 Å². The topological polar surface area (TPSA) is 73.3 Å². The van der Waals surface area contributed by atoms with E-state index in [1.54, 1.807) is 48.5 Å². The average molecular weight is 480 g/mol. The summed E-state index contributed by atoms with van der Waals surface area (Å²) in [4.78, 5) is 24.7. The minimum Gasteiger partial charge on any atom is -0.455 e. The normalized spacial score (nSPS) is 10.8. The molecule has 0 spiro atoms. The molecule has 0 atom stereocenters. The van der Waals surface area contributed by atoms with E-state index in [9.17, 15) is 14.9 Å². The van der Waals surface area contributed by atoms with Crippen molar-refractivity contribution in [2.24, 2.45) is 0 Å². The second-order valence-electron chi connectivity index (χ2n) is 7.88. The van der Waals surface area contributed by atoms with Crippen molar-refractivity contribution < 1.29 is 14.1 Å². The molecule has 1 aromatic heterocycles. The molecule has 0 saturated heterocycles. The molecule has 0 unspecified atom stereocenters. The van der Waals surface area contributed by atoms with Gasteiger partial charge in [0.1, 0.15) is 11.5 Å². The molecule has 0 aliphatic carbocycles. The summed E-state index contributed by atoms with van der Waals surface area (Å²) in [5.41, 5.74) is 3.53. The molecule has 0 bridgehead atoms. The maximum absolute atomic E-state index is 13.9. The van der Waals surface area contributed by atoms with Gasteiger partial charge in [0.15, 0.2) is 5.78 Å². The van der Waals surface area contributed by atoms with Crippen molar-refractivity contribution in [1.29, 1.82) is 0 Å². The lowest BCUT2D eigenvalue weighted by Gasteiger charge is -2.08. The van der Waals surface area contributed by atoms with Crippen LogP contribution in [0, 0.1) is 10.1 Å². The third-order valence-corrected chi connectivity index (χ3v) is 5.93. The van der Waals surface area contributed by atoms with E-state index in [4.69, 9.17) is 16.0 Å². The fourth-order valence-electron chi connectivity index (χ4n) is 4.00. The molecule has 35 heavy (non-hydrogen) atoms. The number of nitro groups is 1. The van der Waals surface area contributed by atoms with Gasteiger partial charge < -0.3 is 4.42 Å². The van der Waals surface area contributed by atoms with Crippen molar-refractivity contribution >= 4 is 23.1 Å². The predicted molar refractivity (Wildman–Crippen MR) is 137 cm³/mol. The van der Waals surface area contributed by atoms with Crippen LogP contribution in [0.4, 0.5) is 5.69 Å². The van der Waals surface area contributed by atoms with Crippen LogP contribution in [-0.2, 0) is 0 Å². The van der Waals surface area contributed by atoms with Crippen LogP contribution < -0.4 is 0 Å². The zero-order valence-electron chi connectivity index (χ0n) is 18.4. The number of carbonyl (C=O) groups is 1. The lowest BCUT2D eigenvalue weighted by Crippen LogP contribution is -2.03. The van der Waals surface area contributed by atoms with Gasteiger partial charge in [0.25, 0.3) is 5.69 Å². The summed E-state index contributed by atoms with van der Waals surface area (Å²) in [5.74, 6) is 0.702. The van der Waals surface area contributed by atoms with Crippen molar-refractivity contribution in [2.45, 2.75) is 0 Å². The molecule has 170 valence electrons. The summed E-state index contributed by atoms with van der Waals surface area (Å²) in [5, 5.41) is 11.8. The van der Waals surface area contributed by atoms with E-state index in [1.807, 2.05) is 48.5 Å². The summed E-state index contributed by atoms with van der Waals surface area (Å²) in [6.45, 7) is 0. The molecule has 0 saturated carbocycles. The van der Waals surface area contributed by atoms with Gasteiger partial charge in [-0.15, -0.1) is 0 Å². The molecule has 5 aromatic rings. The molecule has 1 heterocycles. The minimum atomic E-state index is -0.454. The number of halogens is 1. The third kappa shape index (κ3) is 4.37. The van der Waals surface area contributed by atoms with Crippen LogP contribution in [0.3, 0.4) is 0 Å². The van der Waals surface area contributed by atoms with Gasteiger partial charge in [0.2, 0.25) is 0 Å². The Bertz CT molecular complexity index is 1510. The van der Waals surface area contributed by atoms with Crippen LogP contribution in [0.25, 0.3) is 33.8 Å². The molecule has 5 nitrogen and oxygen atoms in total. The van der Waals surface area contributed by atoms with Gasteiger partial charge in [-0.2, -0.15) is 0 Å². The van der Waals surface area contributed by atoms with E-state index in [2.05, 4.69) is 0 Å². The fraction of sp³-hybridized carbons (Fsp3) is 0. The molecule has 0 aliphatic heterocycles. The Morgan fingerprint density at radius 3 is 1.83 bits per heavy atom. The molecule has 0 fully saturated rings. The molecule has 5 rings (SSSR count). The summed E-state index contributed by atoms with van der Waals surface area (Å²) in [7, 11) is 0. The molecule has 0 radical (unpaired) electrons. The van der Waals surface area contributed by atoms with Gasteiger partial charge in [-0.1, -0.05) is 72.3 Å². The van der Waals surface area contributed by atoms with Crippen LogP contribution in [0.1, 0.15) is 15.9 Å². The van der Waals surface area contributed by atoms with E-state index in [0.29, 0.717) is 38.8 Å². The summed E-state index contributed by atoms with van der Waals surface area (Å²) in [6, 6.07) is 31.6. The highest BCUT2D eigenvalue weighted by Gasteiger charge is 2.29. The monoisotopic (exact) mass is 479 g/mol. The molecular formula is C29H18ClNO4. The maximum Gasteiger partial charge on any atom is 0.269 e. The minimum absolute atomic E-state index is 0.0375. The van der Waals surface area contributed by atoms with Gasteiger partial charge in [0.05, 0.1) is 10.5 Å². The summed E-state index contributed by atoms with van der Waals surface area (Å²) < 4.78 is 6.43. The Kier molecular flexibility index (Phi) is 6.00. The zero-order valence-corrected chi connectivity index (χ0v) is 19.1. The lowest BCUT2D eigenvalue weighted by atomic mass is 9.91. The van der Waals surface area contributed by atoms with Gasteiger partial charge in [-0.3, -0.25) is 14.9 Å². The number of hydrogen-bond donors (Lipinski definition) is 0. The molecule has 0 amide bonds. The first-order valence-corrected chi connectivity index (χ1v) is 11.2. The fourth-order valence-corrected chi connectivity index (χ4v) is 4.13. The van der Waals surface area contributed by atoms with Crippen molar-refractivity contribution in [2.75, 3.05) is 0 Å². The van der Waals surface area contributed by atoms with Crippen LogP contribution in [0.15, 0.2) is 114 Å². The Morgan fingerprint density at radius 2 is 1.23 bits per heavy atom. The lowest BCUT2D eigenvalue weighted by molar-refractivity contribution is -0.384. The number of carbonyl (C=O) groups excluding carboxylic acids is 1. The Hall–Kier alpha value is -4.48. The standard InChI is InChI=1S/C29H18ClNO4/c30-23-15-11-22(12-16-23)28-25(19-13-17-24(18-14-19)31(33)34)26(27(32)20-7-3-1-4-8-20)29(35-28)21-9-5-2-6-10-21/h1-18H. The number of non-ortho nitro benzene ring substituents is 1. The number of nitro benzene ring substituents is 1. The van der Waals surface area contributed by atoms with E-state index in [-0.39, 0.29) is 11.5 Å². The predicted octanol–water partition coefficient (Wildman–Crippen LogP) is 8.07. The highest BCUT2D eigenvalue weighted by atomic mass is 35.5. The Balaban J connectivity index is 1.83. The quantitative estimate of drug-likeness (QED) is 0.140. The van der Waals surface area contributed by atoms with Gasteiger partial charge >= 0.3 is 0 Å². The summed E-state index contributed by atoms with van der Waals surface area (Å²) >= 11 is 6.12. The maximum atomic E-state index is 13.9. The van der Waals surface area contributed by atoms with Gasteiger partial charge in [-0.25, -0.2) is 0 Å². The first-order chi connectivity index (χ1) is 17.0. The summed E-state index contributed by atoms with van der Waals surface area (Å²) in [6.07, 6.45) is 0. The molecule has 0 N–H and O–H groups in total. The highest BCUT2D eigenvalue weighted by Crippen LogP contribution is 2.44. The number of benzene rings is 4. The largest absolute Gasteiger partial charge is 0.455 e. The second-order valence-corrected chi connectivity index (χ2v) is 8.32. The number of ketones is 1. The van der Waals surface area contributed by atoms with E-state index in [0.717, 1.165) is 11.1 Å². The van der Waals surface area contributed by atoms with E-state index >= 15 is 0 Å². The van der Waals surface area contributed by atoms with Crippen molar-refractivity contribution in [1.82, 2.24) is 0 Å². The van der Waals surface area contributed by atoms with Crippen LogP contribution in [-0.4, -0.2) is 10.7 Å². The first kappa shape index (κ1) is 22.3. The number of hydrogen-bond acceptors (Lipinski definition) is 4. The molecule has 6 heteroatoms. The molecular weight excluding hydrogens is 462 g/mol. The van der Waals surface area contributed by atoms with Gasteiger partial charge in [-0.05, 0) is 42.0 Å². The average Bonchev–Trinajstić information content (AvgIpc) is 3.30. The van der Waals surface area contributed by atoms with E-state index < -0.39 is 4.92 Å². The smallest absolute Gasteiger partial charge is 0.269 e. The number of nitrogens with zero attached hydrogens (tertiary/aromatic N) is 1. The van der Waals surface area contributed by atoms with Crippen LogP contribution in [0.2, 0.25) is 5.02 Å². The highest BCUT2D eigenvalue weighted by molar-refractivity contribution is 6.30. The first-order valence-electron chi connectivity index (χ1n) is 10.9. The number of furan rings is 1. The Labute approximate surface area is 206 Å². The second kappa shape index (κ2) is 9.41. The van der Waals surface area contributed by atoms with Crippen LogP contribution >= 0.6 is 11.6 Å². The Morgan fingerprint density at radius 1 is 0.686 bits per heavy atom. The SMILES string of the molecule is O=C(c1ccccc1)c1c(-c2ccccc2)oc(-c2ccc(Cl)cc2)c1-c1ccc([N+](=O)[O-])cc1. The number of rotatable bonds is 6. The van der Waals surface area contributed by atoms with E-state index in [1.165, 1.54) is 12.1 Å². The van der Waals surface area contributed by atoms with Crippen LogP contribution in [0.5, 0.6) is 0 Å². The third-order valence-electron chi connectivity index (χ3n) is 5.68.